The lowest BCUT2D eigenvalue weighted by molar-refractivity contribution is 0.459. The number of anilines is 1. The fourth-order valence-electron chi connectivity index (χ4n) is 1.81. The van der Waals surface area contributed by atoms with Crippen molar-refractivity contribution >= 4 is 16.7 Å². The van der Waals surface area contributed by atoms with Crippen molar-refractivity contribution in [3.63, 3.8) is 0 Å². The minimum Gasteiger partial charge on any atom is -0.398 e. The van der Waals surface area contributed by atoms with Gasteiger partial charge in [-0.1, -0.05) is 41.6 Å². The van der Waals surface area contributed by atoms with Crippen LogP contribution in [0.15, 0.2) is 53.1 Å². The number of aromatic nitrogens is 1. The molecule has 0 amide bonds. The molecule has 0 saturated heterocycles. The van der Waals surface area contributed by atoms with Gasteiger partial charge < -0.3 is 10.3 Å². The normalized spacial score (nSPS) is 10.8. The summed E-state index contributed by atoms with van der Waals surface area (Å²) in [6, 6.07) is 15.5. The van der Waals surface area contributed by atoms with Gasteiger partial charge in [-0.05, 0) is 12.1 Å². The van der Waals surface area contributed by atoms with E-state index in [1.165, 1.54) is 0 Å². The molecule has 16 heavy (non-hydrogen) atoms. The number of nitrogens with zero attached hydrogens (tertiary/aromatic N) is 1. The van der Waals surface area contributed by atoms with Crippen molar-refractivity contribution in [2.24, 2.45) is 0 Å². The van der Waals surface area contributed by atoms with Crippen molar-refractivity contribution in [1.29, 1.82) is 0 Å². The predicted octanol–water partition coefficient (Wildman–Crippen LogP) is 3.08. The van der Waals surface area contributed by atoms with Gasteiger partial charge in [0.25, 0.3) is 0 Å². The maximum absolute atomic E-state index is 5.94. The van der Waals surface area contributed by atoms with Crippen molar-refractivity contribution in [3.8, 4) is 11.3 Å². The molecule has 3 rings (SSSR count). The van der Waals surface area contributed by atoms with E-state index in [4.69, 9.17) is 10.3 Å². The van der Waals surface area contributed by atoms with Crippen LogP contribution in [0.5, 0.6) is 0 Å². The summed E-state index contributed by atoms with van der Waals surface area (Å²) in [5, 5.41) is 4.95. The third-order valence-electron chi connectivity index (χ3n) is 2.58. The Labute approximate surface area is 92.5 Å². The van der Waals surface area contributed by atoms with Crippen LogP contribution in [-0.2, 0) is 0 Å². The Morgan fingerprint density at radius 1 is 0.938 bits per heavy atom. The van der Waals surface area contributed by atoms with Crippen molar-refractivity contribution in [1.82, 2.24) is 5.16 Å². The molecule has 0 bridgehead atoms. The van der Waals surface area contributed by atoms with Crippen molar-refractivity contribution < 1.29 is 4.52 Å². The molecule has 3 nitrogen and oxygen atoms in total. The lowest BCUT2D eigenvalue weighted by Gasteiger charge is -1.98. The number of nitrogen functional groups attached to an aromatic ring is 1. The Morgan fingerprint density at radius 2 is 1.75 bits per heavy atom. The Hall–Kier alpha value is -2.29. The highest BCUT2D eigenvalue weighted by Crippen LogP contribution is 2.31. The predicted molar refractivity (Wildman–Crippen MR) is 63.9 cm³/mol. The van der Waals surface area contributed by atoms with Crippen molar-refractivity contribution in [2.45, 2.75) is 0 Å². The summed E-state index contributed by atoms with van der Waals surface area (Å²) < 4.78 is 5.25. The summed E-state index contributed by atoms with van der Waals surface area (Å²) >= 11 is 0. The standard InChI is InChI=1S/C13H10N2O/c14-10-7-4-8-11-12(10)13(15-16-11)9-5-2-1-3-6-9/h1-8H,14H2. The SMILES string of the molecule is Nc1cccc2onc(-c3ccccc3)c12. The smallest absolute Gasteiger partial charge is 0.169 e. The Morgan fingerprint density at radius 3 is 2.56 bits per heavy atom. The van der Waals surface area contributed by atoms with Gasteiger partial charge in [0.15, 0.2) is 5.58 Å². The summed E-state index contributed by atoms with van der Waals surface area (Å²) in [7, 11) is 0. The first-order valence-corrected chi connectivity index (χ1v) is 5.05. The van der Waals surface area contributed by atoms with E-state index in [1.54, 1.807) is 0 Å². The number of fused-ring (bicyclic) bond motifs is 1. The average molecular weight is 210 g/mol. The van der Waals surface area contributed by atoms with Crippen LogP contribution in [0, 0.1) is 0 Å². The Balaban J connectivity index is 2.33. The summed E-state index contributed by atoms with van der Waals surface area (Å²) in [5.41, 5.74) is 9.17. The molecule has 0 saturated carbocycles. The minimum atomic E-state index is 0.692. The first-order chi connectivity index (χ1) is 7.86. The van der Waals surface area contributed by atoms with Crippen LogP contribution in [0.25, 0.3) is 22.2 Å². The average Bonchev–Trinajstić information content (AvgIpc) is 2.75. The molecule has 0 fully saturated rings. The maximum atomic E-state index is 5.94. The molecule has 0 atom stereocenters. The van der Waals surface area contributed by atoms with Gasteiger partial charge in [0.2, 0.25) is 0 Å². The van der Waals surface area contributed by atoms with E-state index in [-0.39, 0.29) is 0 Å². The molecule has 0 spiro atoms. The van der Waals surface area contributed by atoms with E-state index >= 15 is 0 Å². The van der Waals surface area contributed by atoms with Gasteiger partial charge in [-0.15, -0.1) is 0 Å². The van der Waals surface area contributed by atoms with Crippen LogP contribution >= 0.6 is 0 Å². The molecule has 0 unspecified atom stereocenters. The second-order valence-corrected chi connectivity index (χ2v) is 3.62. The third kappa shape index (κ3) is 1.26. The highest BCUT2D eigenvalue weighted by molar-refractivity contribution is 5.99. The number of benzene rings is 2. The zero-order valence-corrected chi connectivity index (χ0v) is 8.55. The van der Waals surface area contributed by atoms with E-state index in [2.05, 4.69) is 5.16 Å². The van der Waals surface area contributed by atoms with E-state index in [1.807, 2.05) is 48.5 Å². The second-order valence-electron chi connectivity index (χ2n) is 3.62. The van der Waals surface area contributed by atoms with Gasteiger partial charge in [-0.25, -0.2) is 0 Å². The van der Waals surface area contributed by atoms with Gasteiger partial charge >= 0.3 is 0 Å². The van der Waals surface area contributed by atoms with Crippen LogP contribution in [0.3, 0.4) is 0 Å². The Bertz CT molecular complexity index is 629. The topological polar surface area (TPSA) is 52.0 Å². The zero-order valence-electron chi connectivity index (χ0n) is 8.55. The Kier molecular flexibility index (Phi) is 1.90. The fourth-order valence-corrected chi connectivity index (χ4v) is 1.81. The summed E-state index contributed by atoms with van der Waals surface area (Å²) in [4.78, 5) is 0. The van der Waals surface area contributed by atoms with Gasteiger partial charge in [0, 0.05) is 11.3 Å². The number of hydrogen-bond donors (Lipinski definition) is 1. The quantitative estimate of drug-likeness (QED) is 0.628. The largest absolute Gasteiger partial charge is 0.398 e. The molecule has 0 aliphatic heterocycles. The number of rotatable bonds is 1. The molecule has 3 aromatic rings. The molecule has 1 heterocycles. The lowest BCUT2D eigenvalue weighted by Crippen LogP contribution is -1.86. The molecule has 0 aliphatic rings. The summed E-state index contributed by atoms with van der Waals surface area (Å²) in [6.07, 6.45) is 0. The monoisotopic (exact) mass is 210 g/mol. The molecule has 1 aromatic heterocycles. The number of nitrogens with two attached hydrogens (primary N) is 1. The highest BCUT2D eigenvalue weighted by atomic mass is 16.5. The molecule has 78 valence electrons. The molecular formula is C13H10N2O. The van der Waals surface area contributed by atoms with Gasteiger partial charge in [0.05, 0.1) is 5.39 Å². The summed E-state index contributed by atoms with van der Waals surface area (Å²) in [6.45, 7) is 0. The van der Waals surface area contributed by atoms with E-state index in [0.29, 0.717) is 5.69 Å². The minimum absolute atomic E-state index is 0.692. The molecular weight excluding hydrogens is 200 g/mol. The van der Waals surface area contributed by atoms with Crippen LogP contribution in [0.2, 0.25) is 0 Å². The molecule has 3 heteroatoms. The molecule has 0 radical (unpaired) electrons. The first-order valence-electron chi connectivity index (χ1n) is 5.05. The molecule has 0 aliphatic carbocycles. The first kappa shape index (κ1) is 8.97. The summed E-state index contributed by atoms with van der Waals surface area (Å²) in [5.74, 6) is 0. The van der Waals surface area contributed by atoms with Crippen molar-refractivity contribution in [3.05, 3.63) is 48.5 Å². The van der Waals surface area contributed by atoms with Crippen LogP contribution in [-0.4, -0.2) is 5.16 Å². The lowest BCUT2D eigenvalue weighted by atomic mass is 10.1. The molecule has 2 aromatic carbocycles. The zero-order chi connectivity index (χ0) is 11.0. The van der Waals surface area contributed by atoms with Crippen LogP contribution in [0.1, 0.15) is 0 Å². The number of hydrogen-bond acceptors (Lipinski definition) is 3. The van der Waals surface area contributed by atoms with Crippen molar-refractivity contribution in [2.75, 3.05) is 5.73 Å². The van der Waals surface area contributed by atoms with E-state index in [0.717, 1.165) is 22.2 Å². The fraction of sp³-hybridized carbons (Fsp3) is 0. The van der Waals surface area contributed by atoms with Gasteiger partial charge in [0.1, 0.15) is 5.69 Å². The maximum Gasteiger partial charge on any atom is 0.169 e. The van der Waals surface area contributed by atoms with Crippen LogP contribution < -0.4 is 5.73 Å². The third-order valence-corrected chi connectivity index (χ3v) is 2.58. The second kappa shape index (κ2) is 3.38. The van der Waals surface area contributed by atoms with Crippen LogP contribution in [0.4, 0.5) is 5.69 Å². The highest BCUT2D eigenvalue weighted by Gasteiger charge is 2.11. The van der Waals surface area contributed by atoms with Gasteiger partial charge in [-0.2, -0.15) is 0 Å². The van der Waals surface area contributed by atoms with E-state index < -0.39 is 0 Å². The molecule has 2 N–H and O–H groups in total. The van der Waals surface area contributed by atoms with E-state index in [9.17, 15) is 0 Å². The van der Waals surface area contributed by atoms with Gasteiger partial charge in [-0.3, -0.25) is 0 Å².